The van der Waals surface area contributed by atoms with Crippen LogP contribution in [0.3, 0.4) is 0 Å². The molecule has 0 heterocycles. The van der Waals surface area contributed by atoms with E-state index in [0.717, 1.165) is 12.8 Å². The average Bonchev–Trinajstić information content (AvgIpc) is 2.00. The number of aliphatic hydroxyl groups is 1. The molecule has 0 saturated carbocycles. The van der Waals surface area contributed by atoms with Crippen molar-refractivity contribution in [2.45, 2.75) is 58.7 Å². The topological polar surface area (TPSA) is 72.3 Å². The van der Waals surface area contributed by atoms with Crippen molar-refractivity contribution in [1.29, 1.82) is 0 Å². The van der Waals surface area contributed by atoms with Gasteiger partial charge in [-0.15, -0.1) is 0 Å². The van der Waals surface area contributed by atoms with Crippen LogP contribution in [0, 0.1) is 11.8 Å². The maximum atomic E-state index is 9.83. The predicted molar refractivity (Wildman–Crippen MR) is 60.9 cm³/mol. The summed E-state index contributed by atoms with van der Waals surface area (Å²) in [6, 6.07) is -0.382. The fraction of sp³-hybridized carbons (Fsp3) is 1.00. The fourth-order valence-electron chi connectivity index (χ4n) is 1.69. The summed E-state index contributed by atoms with van der Waals surface area (Å²) in [5, 5.41) is 9.83. The van der Waals surface area contributed by atoms with Gasteiger partial charge in [0.25, 0.3) is 0 Å². The number of aliphatic hydroxyl groups excluding tert-OH is 1. The minimum absolute atomic E-state index is 0.191. The van der Waals surface area contributed by atoms with E-state index in [-0.39, 0.29) is 12.1 Å². The summed E-state index contributed by atoms with van der Waals surface area (Å²) in [6.07, 6.45) is 1.08. The molecule has 0 aliphatic rings. The van der Waals surface area contributed by atoms with Gasteiger partial charge in [0.15, 0.2) is 0 Å². The van der Waals surface area contributed by atoms with Gasteiger partial charge in [0.1, 0.15) is 0 Å². The van der Waals surface area contributed by atoms with Gasteiger partial charge in [0.05, 0.1) is 6.10 Å². The molecule has 0 amide bonds. The molecule has 0 aromatic rings. The van der Waals surface area contributed by atoms with Gasteiger partial charge in [-0.1, -0.05) is 27.7 Å². The smallest absolute Gasteiger partial charge is 0.0841 e. The van der Waals surface area contributed by atoms with Gasteiger partial charge in [-0.05, 0) is 24.7 Å². The first-order valence-corrected chi connectivity index (χ1v) is 5.53. The Labute approximate surface area is 87.9 Å². The Bertz CT molecular complexity index is 132. The third-order valence-electron chi connectivity index (χ3n) is 2.36. The minimum Gasteiger partial charge on any atom is -0.390 e. The zero-order valence-corrected chi connectivity index (χ0v) is 9.90. The highest BCUT2D eigenvalue weighted by Crippen LogP contribution is 2.12. The SMILES string of the molecule is CC(C)C[C@@H](N)C(O)[C@@H](N)CC(C)C. The molecule has 3 heteroatoms. The standard InChI is InChI=1S/C11H26N2O/c1-7(2)5-9(12)11(14)10(13)6-8(3)4/h7-11,14H,5-6,12-13H2,1-4H3/t9-,10+,11?. The van der Waals surface area contributed by atoms with Crippen molar-refractivity contribution >= 4 is 0 Å². The molecule has 0 fully saturated rings. The molecule has 0 aromatic carbocycles. The van der Waals surface area contributed by atoms with E-state index < -0.39 is 6.10 Å². The summed E-state index contributed by atoms with van der Waals surface area (Å²) >= 11 is 0. The van der Waals surface area contributed by atoms with Crippen LogP contribution in [0.1, 0.15) is 40.5 Å². The molecule has 0 spiro atoms. The Balaban J connectivity index is 3.96. The molecule has 5 N–H and O–H groups in total. The Morgan fingerprint density at radius 3 is 1.36 bits per heavy atom. The van der Waals surface area contributed by atoms with Crippen molar-refractivity contribution in [2.75, 3.05) is 0 Å². The minimum atomic E-state index is -0.570. The van der Waals surface area contributed by atoms with E-state index in [2.05, 4.69) is 27.7 Å². The van der Waals surface area contributed by atoms with Gasteiger partial charge in [-0.2, -0.15) is 0 Å². The van der Waals surface area contributed by atoms with Crippen LogP contribution >= 0.6 is 0 Å². The molecule has 0 aromatic heterocycles. The number of nitrogens with two attached hydrogens (primary N) is 2. The molecule has 0 saturated heterocycles. The summed E-state index contributed by atoms with van der Waals surface area (Å²) in [5.41, 5.74) is 11.7. The van der Waals surface area contributed by atoms with Crippen LogP contribution in [0.4, 0.5) is 0 Å². The van der Waals surface area contributed by atoms with Gasteiger partial charge in [0, 0.05) is 12.1 Å². The van der Waals surface area contributed by atoms with E-state index in [1.54, 1.807) is 0 Å². The maximum Gasteiger partial charge on any atom is 0.0841 e. The fourth-order valence-corrected chi connectivity index (χ4v) is 1.69. The van der Waals surface area contributed by atoms with Crippen LogP contribution in [0.15, 0.2) is 0 Å². The maximum absolute atomic E-state index is 9.83. The van der Waals surface area contributed by atoms with Crippen LogP contribution in [0.5, 0.6) is 0 Å². The number of hydrogen-bond acceptors (Lipinski definition) is 3. The highest BCUT2D eigenvalue weighted by molar-refractivity contribution is 4.82. The lowest BCUT2D eigenvalue weighted by atomic mass is 9.92. The summed E-state index contributed by atoms with van der Waals surface area (Å²) in [6.45, 7) is 8.39. The Kier molecular flexibility index (Phi) is 6.33. The number of rotatable bonds is 6. The third kappa shape index (κ3) is 5.58. The molecular formula is C11H26N2O. The van der Waals surface area contributed by atoms with Gasteiger partial charge < -0.3 is 16.6 Å². The van der Waals surface area contributed by atoms with Crippen molar-refractivity contribution in [3.63, 3.8) is 0 Å². The first-order chi connectivity index (χ1) is 6.34. The van der Waals surface area contributed by atoms with Crippen LogP contribution in [0.2, 0.25) is 0 Å². The van der Waals surface area contributed by atoms with Crippen molar-refractivity contribution in [2.24, 2.45) is 23.3 Å². The number of hydrogen-bond donors (Lipinski definition) is 3. The van der Waals surface area contributed by atoms with Crippen molar-refractivity contribution < 1.29 is 5.11 Å². The van der Waals surface area contributed by atoms with E-state index in [4.69, 9.17) is 11.5 Å². The quantitative estimate of drug-likeness (QED) is 0.604. The van der Waals surface area contributed by atoms with Crippen molar-refractivity contribution in [1.82, 2.24) is 0 Å². The first kappa shape index (κ1) is 13.9. The van der Waals surface area contributed by atoms with E-state index in [0.29, 0.717) is 11.8 Å². The summed E-state index contributed by atoms with van der Waals surface area (Å²) in [4.78, 5) is 0. The molecule has 86 valence electrons. The van der Waals surface area contributed by atoms with Crippen LogP contribution in [-0.4, -0.2) is 23.3 Å². The largest absolute Gasteiger partial charge is 0.390 e. The molecule has 0 aliphatic heterocycles. The second-order valence-electron chi connectivity index (χ2n) is 5.08. The monoisotopic (exact) mass is 202 g/mol. The molecule has 14 heavy (non-hydrogen) atoms. The second kappa shape index (κ2) is 6.38. The summed E-state index contributed by atoms with van der Waals surface area (Å²) < 4.78 is 0. The highest BCUT2D eigenvalue weighted by Gasteiger charge is 2.23. The van der Waals surface area contributed by atoms with Crippen LogP contribution < -0.4 is 11.5 Å². The van der Waals surface area contributed by atoms with Gasteiger partial charge in [0.2, 0.25) is 0 Å². The summed E-state index contributed by atoms with van der Waals surface area (Å²) in [7, 11) is 0. The van der Waals surface area contributed by atoms with Gasteiger partial charge in [-0.25, -0.2) is 0 Å². The molecule has 0 radical (unpaired) electrons. The van der Waals surface area contributed by atoms with E-state index in [9.17, 15) is 5.11 Å². The summed E-state index contributed by atoms with van der Waals surface area (Å²) in [5.74, 6) is 1.01. The predicted octanol–water partition coefficient (Wildman–Crippen LogP) is 1.09. The molecule has 3 atom stereocenters. The van der Waals surface area contributed by atoms with Crippen molar-refractivity contribution in [3.8, 4) is 0 Å². The van der Waals surface area contributed by atoms with E-state index >= 15 is 0 Å². The molecule has 1 unspecified atom stereocenters. The third-order valence-corrected chi connectivity index (χ3v) is 2.36. The second-order valence-corrected chi connectivity index (χ2v) is 5.08. The molecule has 0 bridgehead atoms. The lowest BCUT2D eigenvalue weighted by molar-refractivity contribution is 0.0993. The van der Waals surface area contributed by atoms with Gasteiger partial charge in [-0.3, -0.25) is 0 Å². The van der Waals surface area contributed by atoms with Crippen LogP contribution in [-0.2, 0) is 0 Å². The molecule has 0 rings (SSSR count). The van der Waals surface area contributed by atoms with Crippen LogP contribution in [0.25, 0.3) is 0 Å². The Morgan fingerprint density at radius 1 is 0.857 bits per heavy atom. The zero-order chi connectivity index (χ0) is 11.3. The normalized spacial score (nSPS) is 18.6. The first-order valence-electron chi connectivity index (χ1n) is 5.53. The average molecular weight is 202 g/mol. The van der Waals surface area contributed by atoms with Crippen molar-refractivity contribution in [3.05, 3.63) is 0 Å². The van der Waals surface area contributed by atoms with E-state index in [1.165, 1.54) is 0 Å². The Hall–Kier alpha value is -0.120. The highest BCUT2D eigenvalue weighted by atomic mass is 16.3. The lowest BCUT2D eigenvalue weighted by Gasteiger charge is -2.26. The molecular weight excluding hydrogens is 176 g/mol. The Morgan fingerprint density at radius 2 is 1.14 bits per heavy atom. The van der Waals surface area contributed by atoms with E-state index in [1.807, 2.05) is 0 Å². The zero-order valence-electron chi connectivity index (χ0n) is 9.90. The lowest BCUT2D eigenvalue weighted by Crippen LogP contribution is -2.48. The molecule has 0 aliphatic carbocycles. The molecule has 3 nitrogen and oxygen atoms in total. The van der Waals surface area contributed by atoms with Gasteiger partial charge >= 0.3 is 0 Å².